The average Bonchev–Trinajstić information content (AvgIpc) is 2.70. The molecule has 0 saturated heterocycles. The summed E-state index contributed by atoms with van der Waals surface area (Å²) in [6.45, 7) is 0. The fraction of sp³-hybridized carbons (Fsp3) is 0.100. The zero-order chi connectivity index (χ0) is 12.4. The van der Waals surface area contributed by atoms with Crippen LogP contribution in [0.1, 0.15) is 0 Å². The van der Waals surface area contributed by atoms with Gasteiger partial charge in [0.05, 0.1) is 10.5 Å². The van der Waals surface area contributed by atoms with Gasteiger partial charge in [-0.2, -0.15) is 5.10 Å². The Labute approximate surface area is 101 Å². The first-order valence-electron chi connectivity index (χ1n) is 4.76. The lowest BCUT2D eigenvalue weighted by atomic mass is 10.1. The summed E-state index contributed by atoms with van der Waals surface area (Å²) in [4.78, 5) is 10.1. The first-order valence-corrected chi connectivity index (χ1v) is 5.98. The van der Waals surface area contributed by atoms with Gasteiger partial charge in [-0.15, -0.1) is 11.8 Å². The Bertz CT molecular complexity index is 550. The highest BCUT2D eigenvalue weighted by molar-refractivity contribution is 7.98. The van der Waals surface area contributed by atoms with E-state index >= 15 is 0 Å². The van der Waals surface area contributed by atoms with E-state index in [1.54, 1.807) is 12.1 Å². The van der Waals surface area contributed by atoms with Gasteiger partial charge in [0.15, 0.2) is 0 Å². The lowest BCUT2D eigenvalue weighted by molar-refractivity contribution is -0.384. The van der Waals surface area contributed by atoms with Crippen LogP contribution >= 0.6 is 11.8 Å². The minimum atomic E-state index is -0.433. The quantitative estimate of drug-likeness (QED) is 0.494. The van der Waals surface area contributed by atoms with Gasteiger partial charge >= 0.3 is 0 Å². The van der Waals surface area contributed by atoms with Gasteiger partial charge in [0.2, 0.25) is 0 Å². The summed E-state index contributed by atoms with van der Waals surface area (Å²) in [7, 11) is 0. The largest absolute Gasteiger partial charge is 0.384 e. The Morgan fingerprint density at radius 2 is 2.06 bits per heavy atom. The molecule has 3 N–H and O–H groups in total. The molecule has 7 heteroatoms. The molecular weight excluding hydrogens is 240 g/mol. The summed E-state index contributed by atoms with van der Waals surface area (Å²) < 4.78 is 0. The van der Waals surface area contributed by atoms with Gasteiger partial charge in [0, 0.05) is 12.1 Å². The van der Waals surface area contributed by atoms with Crippen molar-refractivity contribution in [3.8, 4) is 11.1 Å². The Hall–Kier alpha value is -2.02. The molecule has 1 aromatic heterocycles. The van der Waals surface area contributed by atoms with Crippen molar-refractivity contribution in [3.05, 3.63) is 34.4 Å². The van der Waals surface area contributed by atoms with Crippen molar-refractivity contribution >= 4 is 23.3 Å². The number of benzene rings is 1. The van der Waals surface area contributed by atoms with Gasteiger partial charge in [-0.3, -0.25) is 15.2 Å². The number of nitrogen functional groups attached to an aromatic ring is 1. The molecule has 0 aliphatic carbocycles. The molecule has 1 aromatic carbocycles. The minimum absolute atomic E-state index is 0.0570. The van der Waals surface area contributed by atoms with Crippen molar-refractivity contribution in [1.82, 2.24) is 10.2 Å². The molecule has 17 heavy (non-hydrogen) atoms. The Kier molecular flexibility index (Phi) is 3.01. The second kappa shape index (κ2) is 4.46. The number of H-pyrrole nitrogens is 1. The van der Waals surface area contributed by atoms with Crippen molar-refractivity contribution in [3.63, 3.8) is 0 Å². The van der Waals surface area contributed by atoms with Crippen LogP contribution in [-0.4, -0.2) is 21.4 Å². The number of thioether (sulfide) groups is 1. The molecule has 2 rings (SSSR count). The molecule has 0 spiro atoms. The van der Waals surface area contributed by atoms with Crippen LogP contribution in [0.4, 0.5) is 11.5 Å². The molecule has 0 fully saturated rings. The molecule has 1 heterocycles. The molecule has 0 atom stereocenters. The molecular formula is C10H10N4O2S. The van der Waals surface area contributed by atoms with Gasteiger partial charge in [0.1, 0.15) is 10.8 Å². The number of nitrogens with one attached hydrogen (secondary N) is 1. The van der Waals surface area contributed by atoms with Gasteiger partial charge in [-0.1, -0.05) is 0 Å². The molecule has 0 aliphatic rings. The van der Waals surface area contributed by atoms with Crippen molar-refractivity contribution in [2.24, 2.45) is 0 Å². The monoisotopic (exact) mass is 250 g/mol. The van der Waals surface area contributed by atoms with Crippen LogP contribution in [0.5, 0.6) is 0 Å². The SMILES string of the molecule is CSc1n[nH]c(N)c1-c1ccc([N+](=O)[O-])cc1. The predicted molar refractivity (Wildman–Crippen MR) is 66.9 cm³/mol. The number of aromatic nitrogens is 2. The zero-order valence-corrected chi connectivity index (χ0v) is 9.82. The molecule has 0 aliphatic heterocycles. The number of rotatable bonds is 3. The average molecular weight is 250 g/mol. The van der Waals surface area contributed by atoms with Crippen molar-refractivity contribution in [1.29, 1.82) is 0 Å². The van der Waals surface area contributed by atoms with E-state index < -0.39 is 4.92 Å². The molecule has 0 radical (unpaired) electrons. The third-order valence-corrected chi connectivity index (χ3v) is 3.00. The van der Waals surface area contributed by atoms with Crippen LogP contribution in [0.2, 0.25) is 0 Å². The number of hydrogen-bond acceptors (Lipinski definition) is 5. The van der Waals surface area contributed by atoms with Crippen molar-refractivity contribution in [2.75, 3.05) is 12.0 Å². The maximum absolute atomic E-state index is 10.5. The summed E-state index contributed by atoms with van der Waals surface area (Å²) >= 11 is 1.47. The van der Waals surface area contributed by atoms with Gasteiger partial charge in [0.25, 0.3) is 5.69 Å². The van der Waals surface area contributed by atoms with Gasteiger partial charge in [-0.05, 0) is 24.0 Å². The Morgan fingerprint density at radius 1 is 1.41 bits per heavy atom. The normalized spacial score (nSPS) is 10.4. The third-order valence-electron chi connectivity index (χ3n) is 2.32. The molecule has 0 bridgehead atoms. The van der Waals surface area contributed by atoms with Crippen LogP contribution in [0.25, 0.3) is 11.1 Å². The second-order valence-electron chi connectivity index (χ2n) is 3.33. The fourth-order valence-corrected chi connectivity index (χ4v) is 2.08. The van der Waals surface area contributed by atoms with E-state index in [9.17, 15) is 10.1 Å². The van der Waals surface area contributed by atoms with Crippen LogP contribution in [0.15, 0.2) is 29.3 Å². The number of aromatic amines is 1. The first-order chi connectivity index (χ1) is 8.13. The van der Waals surface area contributed by atoms with Crippen LogP contribution < -0.4 is 5.73 Å². The van der Waals surface area contributed by atoms with E-state index in [4.69, 9.17) is 5.73 Å². The molecule has 0 unspecified atom stereocenters. The number of hydrogen-bond donors (Lipinski definition) is 2. The number of nitro benzene ring substituents is 1. The topological polar surface area (TPSA) is 97.8 Å². The van der Waals surface area contributed by atoms with Crippen LogP contribution in [0, 0.1) is 10.1 Å². The first kappa shape index (κ1) is 11.5. The van der Waals surface area contributed by atoms with E-state index in [0.717, 1.165) is 16.2 Å². The number of nitro groups is 1. The summed E-state index contributed by atoms with van der Waals surface area (Å²) in [5, 5.41) is 18.1. The predicted octanol–water partition coefficient (Wildman–Crippen LogP) is 2.29. The van der Waals surface area contributed by atoms with Crippen molar-refractivity contribution in [2.45, 2.75) is 5.03 Å². The fourth-order valence-electron chi connectivity index (χ4n) is 1.51. The molecule has 0 amide bonds. The third kappa shape index (κ3) is 2.09. The van der Waals surface area contributed by atoms with E-state index in [1.165, 1.54) is 23.9 Å². The molecule has 0 saturated carbocycles. The van der Waals surface area contributed by atoms with Crippen molar-refractivity contribution < 1.29 is 4.92 Å². The van der Waals surface area contributed by atoms with Gasteiger partial charge < -0.3 is 5.73 Å². The summed E-state index contributed by atoms with van der Waals surface area (Å²) in [5.41, 5.74) is 7.43. The summed E-state index contributed by atoms with van der Waals surface area (Å²) in [6, 6.07) is 6.23. The smallest absolute Gasteiger partial charge is 0.269 e. The molecule has 6 nitrogen and oxygen atoms in total. The summed E-state index contributed by atoms with van der Waals surface area (Å²) in [5.74, 6) is 0.461. The number of nitrogens with two attached hydrogens (primary N) is 1. The number of non-ortho nitro benzene ring substituents is 1. The van der Waals surface area contributed by atoms with E-state index in [0.29, 0.717) is 5.82 Å². The van der Waals surface area contributed by atoms with Gasteiger partial charge in [-0.25, -0.2) is 0 Å². The highest BCUT2D eigenvalue weighted by Crippen LogP contribution is 2.33. The maximum Gasteiger partial charge on any atom is 0.269 e. The lowest BCUT2D eigenvalue weighted by Crippen LogP contribution is -1.90. The van der Waals surface area contributed by atoms with E-state index in [2.05, 4.69) is 10.2 Å². The maximum atomic E-state index is 10.5. The second-order valence-corrected chi connectivity index (χ2v) is 4.12. The lowest BCUT2D eigenvalue weighted by Gasteiger charge is -2.01. The van der Waals surface area contributed by atoms with Crippen LogP contribution in [-0.2, 0) is 0 Å². The zero-order valence-electron chi connectivity index (χ0n) is 9.01. The number of anilines is 1. The highest BCUT2D eigenvalue weighted by atomic mass is 32.2. The van der Waals surface area contributed by atoms with E-state index in [1.807, 2.05) is 6.26 Å². The molecule has 88 valence electrons. The highest BCUT2D eigenvalue weighted by Gasteiger charge is 2.13. The van der Waals surface area contributed by atoms with E-state index in [-0.39, 0.29) is 5.69 Å². The van der Waals surface area contributed by atoms with Crippen LogP contribution in [0.3, 0.4) is 0 Å². The Morgan fingerprint density at radius 3 is 2.59 bits per heavy atom. The standard InChI is InChI=1S/C10H10N4O2S/c1-17-10-8(9(11)12-13-10)6-2-4-7(5-3-6)14(15)16/h2-5H,1H3,(H3,11,12,13). The Balaban J connectivity index is 2.46. The minimum Gasteiger partial charge on any atom is -0.384 e. The number of nitrogens with zero attached hydrogens (tertiary/aromatic N) is 2. The summed E-state index contributed by atoms with van der Waals surface area (Å²) in [6.07, 6.45) is 1.89. The molecule has 2 aromatic rings.